The van der Waals surface area contributed by atoms with E-state index in [0.29, 0.717) is 32.2 Å². The Labute approximate surface area is 194 Å². The summed E-state index contributed by atoms with van der Waals surface area (Å²) in [5.41, 5.74) is 0.939. The van der Waals surface area contributed by atoms with E-state index in [0.717, 1.165) is 5.56 Å². The topological polar surface area (TPSA) is 108 Å². The minimum absolute atomic E-state index is 0.149. The molecule has 1 saturated heterocycles. The average molecular weight is 466 g/mol. The van der Waals surface area contributed by atoms with Gasteiger partial charge in [0.25, 0.3) is 0 Å². The number of aliphatic hydroxyl groups is 1. The summed E-state index contributed by atoms with van der Waals surface area (Å²) in [5, 5.41) is 16.2. The molecule has 2 rings (SSSR count). The zero-order valence-corrected chi connectivity index (χ0v) is 20.0. The average Bonchev–Trinajstić information content (AvgIpc) is 3.21. The molecule has 1 fully saturated rings. The van der Waals surface area contributed by atoms with Gasteiger partial charge in [-0.05, 0) is 37.0 Å². The Kier molecular flexibility index (Phi) is 10.5. The van der Waals surface area contributed by atoms with Crippen LogP contribution in [0.5, 0.6) is 0 Å². The minimum Gasteiger partial charge on any atom is -0.366 e. The summed E-state index contributed by atoms with van der Waals surface area (Å²) < 4.78 is 5.07. The van der Waals surface area contributed by atoms with Crippen LogP contribution in [0.2, 0.25) is 0 Å². The number of ether oxygens (including phenoxy) is 1. The molecular formula is C23H35N3O5S. The van der Waals surface area contributed by atoms with E-state index >= 15 is 0 Å². The van der Waals surface area contributed by atoms with E-state index in [4.69, 9.17) is 4.74 Å². The van der Waals surface area contributed by atoms with E-state index in [2.05, 4.69) is 10.6 Å². The lowest BCUT2D eigenvalue weighted by Crippen LogP contribution is -2.56. The van der Waals surface area contributed by atoms with Crippen molar-refractivity contribution < 1.29 is 24.2 Å². The largest absolute Gasteiger partial charge is 0.366 e. The highest BCUT2D eigenvalue weighted by molar-refractivity contribution is 7.99. The maximum atomic E-state index is 13.1. The number of likely N-dealkylation sites (tertiary alicyclic amines) is 1. The summed E-state index contributed by atoms with van der Waals surface area (Å²) in [7, 11) is 1.37. The smallest absolute Gasteiger partial charge is 0.243 e. The van der Waals surface area contributed by atoms with Crippen molar-refractivity contribution in [3.63, 3.8) is 0 Å². The first-order chi connectivity index (χ1) is 15.3. The fourth-order valence-corrected chi connectivity index (χ4v) is 4.57. The number of hydrogen-bond acceptors (Lipinski definition) is 6. The molecule has 0 spiro atoms. The maximum absolute atomic E-state index is 13.1. The molecule has 3 N–H and O–H groups in total. The first kappa shape index (κ1) is 26.2. The van der Waals surface area contributed by atoms with Crippen LogP contribution in [0, 0.1) is 5.92 Å². The van der Waals surface area contributed by atoms with E-state index in [1.54, 1.807) is 11.8 Å². The Morgan fingerprint density at radius 3 is 2.53 bits per heavy atom. The van der Waals surface area contributed by atoms with Crippen LogP contribution in [-0.4, -0.2) is 77.8 Å². The lowest BCUT2D eigenvalue weighted by molar-refractivity contribution is -0.137. The van der Waals surface area contributed by atoms with Crippen molar-refractivity contribution in [1.29, 1.82) is 0 Å². The van der Waals surface area contributed by atoms with Crippen LogP contribution in [0.3, 0.4) is 0 Å². The molecule has 1 aliphatic heterocycles. The third kappa shape index (κ3) is 7.50. The molecule has 0 aromatic heterocycles. The van der Waals surface area contributed by atoms with Crippen molar-refractivity contribution in [2.24, 2.45) is 5.92 Å². The molecule has 9 heteroatoms. The predicted molar refractivity (Wildman–Crippen MR) is 125 cm³/mol. The second-order valence-corrected chi connectivity index (χ2v) is 9.67. The van der Waals surface area contributed by atoms with Gasteiger partial charge in [0, 0.05) is 18.9 Å². The van der Waals surface area contributed by atoms with Gasteiger partial charge in [0.15, 0.2) is 6.29 Å². The Bertz CT molecular complexity index is 748. The fraction of sp³-hybridized carbons (Fsp3) is 0.609. The predicted octanol–water partition coefficient (Wildman–Crippen LogP) is 1.17. The number of nitrogens with zero attached hydrogens (tertiary/aromatic N) is 1. The van der Waals surface area contributed by atoms with Crippen molar-refractivity contribution >= 4 is 30.0 Å². The number of aliphatic hydroxyl groups excluding tert-OH is 1. The van der Waals surface area contributed by atoms with Gasteiger partial charge in [-0.15, -0.1) is 0 Å². The summed E-state index contributed by atoms with van der Waals surface area (Å²) in [6, 6.07) is 7.43. The van der Waals surface area contributed by atoms with Crippen molar-refractivity contribution in [3.8, 4) is 0 Å². The Morgan fingerprint density at radius 1 is 1.28 bits per heavy atom. The van der Waals surface area contributed by atoms with Crippen LogP contribution in [0.25, 0.3) is 0 Å². The van der Waals surface area contributed by atoms with Gasteiger partial charge in [0.2, 0.25) is 18.2 Å². The zero-order chi connectivity index (χ0) is 23.7. The second-order valence-electron chi connectivity index (χ2n) is 8.53. The molecule has 0 bridgehead atoms. The first-order valence-electron chi connectivity index (χ1n) is 10.9. The molecule has 1 unspecified atom stereocenters. The van der Waals surface area contributed by atoms with Crippen LogP contribution >= 0.6 is 11.8 Å². The van der Waals surface area contributed by atoms with Crippen LogP contribution < -0.4 is 10.6 Å². The number of thioether (sulfide) groups is 1. The summed E-state index contributed by atoms with van der Waals surface area (Å²) in [4.78, 5) is 39.0. The van der Waals surface area contributed by atoms with Gasteiger partial charge in [0.05, 0.1) is 6.04 Å². The van der Waals surface area contributed by atoms with Crippen LogP contribution in [0.1, 0.15) is 32.3 Å². The number of amides is 3. The van der Waals surface area contributed by atoms with E-state index in [-0.39, 0.29) is 23.0 Å². The lowest BCUT2D eigenvalue weighted by Gasteiger charge is -2.28. The third-order valence-corrected chi connectivity index (χ3v) is 6.63. The summed E-state index contributed by atoms with van der Waals surface area (Å²) >= 11 is 1.62. The highest BCUT2D eigenvalue weighted by Crippen LogP contribution is 2.25. The van der Waals surface area contributed by atoms with Crippen LogP contribution in [-0.2, 0) is 25.5 Å². The standard InChI is InChI=1S/C23H35N3O5S/c1-15(2)10-18(24-22(29)20-12-17(32-4)13-26(20)14-27)21(28)25-19(23(30)31-3)11-16-8-6-5-7-9-16/h5-9,14-15,17-20,23,30H,10-13H2,1-4H3,(H,24,29)(H,25,28)/t17-,18-,19-,20-,23?/m0/s1. The van der Waals surface area contributed by atoms with Crippen LogP contribution in [0.4, 0.5) is 0 Å². The molecule has 5 atom stereocenters. The fourth-order valence-electron chi connectivity index (χ4n) is 3.88. The lowest BCUT2D eigenvalue weighted by atomic mass is 10.0. The minimum atomic E-state index is -1.20. The normalized spacial score (nSPS) is 21.1. The van der Waals surface area contributed by atoms with Gasteiger partial charge in [0.1, 0.15) is 12.1 Å². The highest BCUT2D eigenvalue weighted by atomic mass is 32.2. The van der Waals surface area contributed by atoms with Gasteiger partial charge in [-0.25, -0.2) is 0 Å². The van der Waals surface area contributed by atoms with Crippen molar-refractivity contribution in [2.45, 2.75) is 62.8 Å². The van der Waals surface area contributed by atoms with Crippen LogP contribution in [0.15, 0.2) is 30.3 Å². The number of carbonyl (C=O) groups is 3. The van der Waals surface area contributed by atoms with Gasteiger partial charge >= 0.3 is 0 Å². The molecule has 1 aromatic rings. The number of carbonyl (C=O) groups excluding carboxylic acids is 3. The zero-order valence-electron chi connectivity index (χ0n) is 19.2. The molecule has 32 heavy (non-hydrogen) atoms. The summed E-state index contributed by atoms with van der Waals surface area (Å²) in [6.45, 7) is 4.45. The van der Waals surface area contributed by atoms with Gasteiger partial charge in [-0.3, -0.25) is 14.4 Å². The number of nitrogens with one attached hydrogen (secondary N) is 2. The number of benzene rings is 1. The molecule has 3 amide bonds. The van der Waals surface area contributed by atoms with E-state index in [1.807, 2.05) is 50.4 Å². The monoisotopic (exact) mass is 465 g/mol. The molecule has 0 radical (unpaired) electrons. The molecule has 1 heterocycles. The highest BCUT2D eigenvalue weighted by Gasteiger charge is 2.37. The molecule has 0 aliphatic carbocycles. The van der Waals surface area contributed by atoms with E-state index in [9.17, 15) is 19.5 Å². The van der Waals surface area contributed by atoms with Crippen molar-refractivity contribution in [3.05, 3.63) is 35.9 Å². The van der Waals surface area contributed by atoms with Crippen molar-refractivity contribution in [2.75, 3.05) is 19.9 Å². The second kappa shape index (κ2) is 12.8. The van der Waals surface area contributed by atoms with Gasteiger partial charge in [-0.2, -0.15) is 11.8 Å². The Balaban J connectivity index is 2.11. The molecule has 0 saturated carbocycles. The van der Waals surface area contributed by atoms with Gasteiger partial charge < -0.3 is 25.4 Å². The molecule has 178 valence electrons. The quantitative estimate of drug-likeness (QED) is 0.316. The number of hydrogen-bond donors (Lipinski definition) is 3. The van der Waals surface area contributed by atoms with E-state index < -0.39 is 24.4 Å². The van der Waals surface area contributed by atoms with Crippen molar-refractivity contribution in [1.82, 2.24) is 15.5 Å². The summed E-state index contributed by atoms with van der Waals surface area (Å²) in [6.07, 6.45) is 2.82. The summed E-state index contributed by atoms with van der Waals surface area (Å²) in [5.74, 6) is -0.571. The maximum Gasteiger partial charge on any atom is 0.243 e. The Morgan fingerprint density at radius 2 is 1.97 bits per heavy atom. The number of rotatable bonds is 12. The number of methoxy groups -OCH3 is 1. The third-order valence-electron chi connectivity index (χ3n) is 5.62. The first-order valence-corrected chi connectivity index (χ1v) is 12.2. The molecule has 8 nitrogen and oxygen atoms in total. The molecular weight excluding hydrogens is 430 g/mol. The van der Waals surface area contributed by atoms with E-state index in [1.165, 1.54) is 12.0 Å². The SMILES string of the molecule is COC(O)[C@H](Cc1ccccc1)NC(=O)[C@H](CC(C)C)NC(=O)[C@@H]1C[C@H](SC)CN1C=O. The molecule has 1 aromatic carbocycles. The molecule has 1 aliphatic rings. The Hall–Kier alpha value is -2.10. The van der Waals surface area contributed by atoms with Gasteiger partial charge in [-0.1, -0.05) is 44.2 Å².